The number of carbonyl (C=O) groups is 2. The summed E-state index contributed by atoms with van der Waals surface area (Å²) in [6.07, 6.45) is -1.43. The van der Waals surface area contributed by atoms with Gasteiger partial charge >= 0.3 is 6.16 Å². The number of hydrogen-bond acceptors (Lipinski definition) is 5. The Morgan fingerprint density at radius 1 is 0.906 bits per heavy atom. The molecule has 0 unspecified atom stereocenters. The Morgan fingerprint density at radius 3 is 1.75 bits per heavy atom. The van der Waals surface area contributed by atoms with E-state index in [0.717, 1.165) is 0 Å². The fraction of sp³-hybridized carbons (Fsp3) is 0.462. The van der Waals surface area contributed by atoms with Crippen LogP contribution in [0.5, 0.6) is 0 Å². The van der Waals surface area contributed by atoms with Gasteiger partial charge in [-0.05, 0) is 22.3 Å². The predicted octanol–water partition coefficient (Wildman–Crippen LogP) is 4.58. The minimum absolute atomic E-state index is 0.0452. The molecule has 0 saturated carbocycles. The number of rotatable bonds is 9. The number of ether oxygens (including phenoxy) is 2. The minimum Gasteiger partial charge on any atom is -0.438 e. The average molecular weight is 457 g/mol. The van der Waals surface area contributed by atoms with Gasteiger partial charge in [-0.25, -0.2) is 4.79 Å². The molecule has 0 bridgehead atoms. The zero-order valence-corrected chi connectivity index (χ0v) is 21.3. The number of carbonyl (C=O) groups excluding carboxylic acids is 2. The van der Waals surface area contributed by atoms with Crippen LogP contribution in [0.1, 0.15) is 41.5 Å². The van der Waals surface area contributed by atoms with E-state index in [-0.39, 0.29) is 16.7 Å². The maximum Gasteiger partial charge on any atom is 0.508 e. The molecule has 0 saturated heterocycles. The Bertz CT molecular complexity index is 837. The van der Waals surface area contributed by atoms with Crippen LogP contribution in [0, 0.1) is 11.8 Å². The van der Waals surface area contributed by atoms with Gasteiger partial charge in [-0.2, -0.15) is 0 Å². The standard InChI is InChI=1S/C26H36O5Si/c1-19(24(20(2)21(3)27)31-25(28)29-7)18-30-32(26(4,5)6,22-14-10-8-11-15-22)23-16-12-9-13-17-23/h8-17,19-20,24H,18H2,1-7H3/t19-,20+,24-/m1/s1. The smallest absolute Gasteiger partial charge is 0.438 e. The summed E-state index contributed by atoms with van der Waals surface area (Å²) in [6.45, 7) is 12.2. The Morgan fingerprint density at radius 2 is 1.38 bits per heavy atom. The van der Waals surface area contributed by atoms with Gasteiger partial charge in [-0.3, -0.25) is 4.79 Å². The Balaban J connectivity index is 2.48. The summed E-state index contributed by atoms with van der Waals surface area (Å²) in [6, 6.07) is 20.7. The zero-order chi connectivity index (χ0) is 23.9. The van der Waals surface area contributed by atoms with Crippen molar-refractivity contribution in [3.63, 3.8) is 0 Å². The van der Waals surface area contributed by atoms with Crippen molar-refractivity contribution in [2.45, 2.75) is 52.7 Å². The fourth-order valence-electron chi connectivity index (χ4n) is 4.21. The van der Waals surface area contributed by atoms with Crippen molar-refractivity contribution in [2.24, 2.45) is 11.8 Å². The third-order valence-electron chi connectivity index (χ3n) is 6.07. The van der Waals surface area contributed by atoms with Crippen molar-refractivity contribution < 1.29 is 23.5 Å². The fourth-order valence-corrected chi connectivity index (χ4v) is 8.88. The molecule has 32 heavy (non-hydrogen) atoms. The van der Waals surface area contributed by atoms with Gasteiger partial charge in [0.25, 0.3) is 8.32 Å². The van der Waals surface area contributed by atoms with Crippen molar-refractivity contribution in [1.29, 1.82) is 0 Å². The molecular weight excluding hydrogens is 420 g/mol. The van der Waals surface area contributed by atoms with Crippen LogP contribution in [-0.4, -0.2) is 40.1 Å². The van der Waals surface area contributed by atoms with E-state index in [9.17, 15) is 9.59 Å². The number of Topliss-reactive ketones (excluding diaryl/α,β-unsaturated/α-hetero) is 1. The summed E-state index contributed by atoms with van der Waals surface area (Å²) in [7, 11) is -1.46. The molecule has 2 aromatic rings. The minimum atomic E-state index is -2.72. The normalized spacial score (nSPS) is 14.8. The molecule has 174 valence electrons. The van der Waals surface area contributed by atoms with Crippen LogP contribution < -0.4 is 10.4 Å². The van der Waals surface area contributed by atoms with Crippen LogP contribution in [0.3, 0.4) is 0 Å². The lowest BCUT2D eigenvalue weighted by molar-refractivity contribution is -0.125. The van der Waals surface area contributed by atoms with E-state index in [1.54, 1.807) is 6.92 Å². The second-order valence-electron chi connectivity index (χ2n) is 9.39. The highest BCUT2D eigenvalue weighted by Crippen LogP contribution is 2.37. The van der Waals surface area contributed by atoms with E-state index in [1.807, 2.05) is 43.3 Å². The first-order chi connectivity index (χ1) is 15.0. The highest BCUT2D eigenvalue weighted by Gasteiger charge is 2.50. The Kier molecular flexibility index (Phi) is 8.81. The van der Waals surface area contributed by atoms with Crippen LogP contribution in [0.25, 0.3) is 0 Å². The van der Waals surface area contributed by atoms with Crippen LogP contribution in [0.2, 0.25) is 5.04 Å². The van der Waals surface area contributed by atoms with Gasteiger partial charge in [-0.15, -0.1) is 0 Å². The number of benzene rings is 2. The lowest BCUT2D eigenvalue weighted by Crippen LogP contribution is -2.67. The van der Waals surface area contributed by atoms with Crippen LogP contribution >= 0.6 is 0 Å². The zero-order valence-electron chi connectivity index (χ0n) is 20.3. The molecule has 0 heterocycles. The van der Waals surface area contributed by atoms with E-state index in [4.69, 9.17) is 13.9 Å². The maximum atomic E-state index is 12.1. The topological polar surface area (TPSA) is 61.8 Å². The molecular formula is C26H36O5Si. The molecule has 5 nitrogen and oxygen atoms in total. The van der Waals surface area contributed by atoms with Crippen LogP contribution in [-0.2, 0) is 18.7 Å². The second kappa shape index (κ2) is 10.9. The van der Waals surface area contributed by atoms with Gasteiger partial charge in [0.15, 0.2) is 0 Å². The summed E-state index contributed by atoms with van der Waals surface area (Å²) < 4.78 is 17.1. The number of ketones is 1. The lowest BCUT2D eigenvalue weighted by Gasteiger charge is -2.44. The maximum absolute atomic E-state index is 12.1. The SMILES string of the molecule is COC(=O)O[C@H]([C@H](C)CO[Si](c1ccccc1)(c1ccccc1)C(C)(C)C)[C@@H](C)C(C)=O. The number of methoxy groups -OCH3 is 1. The second-order valence-corrected chi connectivity index (χ2v) is 13.7. The molecule has 2 rings (SSSR count). The predicted molar refractivity (Wildman–Crippen MR) is 130 cm³/mol. The van der Waals surface area contributed by atoms with E-state index in [1.165, 1.54) is 24.4 Å². The van der Waals surface area contributed by atoms with Gasteiger partial charge in [0.05, 0.1) is 13.0 Å². The van der Waals surface area contributed by atoms with Crippen LogP contribution in [0.4, 0.5) is 4.79 Å². The van der Waals surface area contributed by atoms with E-state index < -0.39 is 26.5 Å². The monoisotopic (exact) mass is 456 g/mol. The molecule has 6 heteroatoms. The molecule has 0 radical (unpaired) electrons. The number of hydrogen-bond donors (Lipinski definition) is 0. The summed E-state index contributed by atoms with van der Waals surface area (Å²) in [5, 5.41) is 2.19. The molecule has 0 fully saturated rings. The first-order valence-corrected chi connectivity index (χ1v) is 13.0. The summed E-state index contributed by atoms with van der Waals surface area (Å²) in [5.74, 6) is -0.724. The van der Waals surface area contributed by atoms with Gasteiger partial charge < -0.3 is 13.9 Å². The molecule has 0 aliphatic carbocycles. The van der Waals surface area contributed by atoms with Crippen LogP contribution in [0.15, 0.2) is 60.7 Å². The average Bonchev–Trinajstić information content (AvgIpc) is 2.77. The highest BCUT2D eigenvalue weighted by molar-refractivity contribution is 6.99. The van der Waals surface area contributed by atoms with Gasteiger partial charge in [-0.1, -0.05) is 95.3 Å². The molecule has 2 aromatic carbocycles. The largest absolute Gasteiger partial charge is 0.508 e. The van der Waals surface area contributed by atoms with Crippen molar-refractivity contribution in [3.8, 4) is 0 Å². The molecule has 0 N–H and O–H groups in total. The molecule has 3 atom stereocenters. The van der Waals surface area contributed by atoms with Gasteiger partial charge in [0.2, 0.25) is 0 Å². The van der Waals surface area contributed by atoms with E-state index in [0.29, 0.717) is 6.61 Å². The van der Waals surface area contributed by atoms with Crippen molar-refractivity contribution in [1.82, 2.24) is 0 Å². The van der Waals surface area contributed by atoms with Crippen molar-refractivity contribution >= 4 is 30.6 Å². The van der Waals surface area contributed by atoms with E-state index in [2.05, 4.69) is 45.0 Å². The Hall–Kier alpha value is -2.44. The van der Waals surface area contributed by atoms with E-state index >= 15 is 0 Å². The molecule has 0 aliphatic rings. The first kappa shape index (κ1) is 25.8. The molecule has 0 amide bonds. The van der Waals surface area contributed by atoms with Gasteiger partial charge in [0.1, 0.15) is 11.9 Å². The highest BCUT2D eigenvalue weighted by atomic mass is 28.4. The lowest BCUT2D eigenvalue weighted by atomic mass is 9.91. The third kappa shape index (κ3) is 5.67. The molecule has 0 aliphatic heterocycles. The first-order valence-electron chi connectivity index (χ1n) is 11.0. The van der Waals surface area contributed by atoms with Crippen molar-refractivity contribution in [2.75, 3.05) is 13.7 Å². The molecule has 0 spiro atoms. The Labute approximate surface area is 193 Å². The quantitative estimate of drug-likeness (QED) is 0.408. The molecule has 0 aromatic heterocycles. The summed E-state index contributed by atoms with van der Waals surface area (Å²) in [4.78, 5) is 24.0. The van der Waals surface area contributed by atoms with Crippen molar-refractivity contribution in [3.05, 3.63) is 60.7 Å². The van der Waals surface area contributed by atoms with Gasteiger partial charge in [0, 0.05) is 12.5 Å². The summed E-state index contributed by atoms with van der Waals surface area (Å²) in [5.41, 5.74) is 0. The summed E-state index contributed by atoms with van der Waals surface area (Å²) >= 11 is 0. The third-order valence-corrected chi connectivity index (χ3v) is 11.1.